The average molecular weight is 339 g/mol. The molecule has 0 atom stereocenters. The second kappa shape index (κ2) is 6.39. The van der Waals surface area contributed by atoms with E-state index < -0.39 is 0 Å². The van der Waals surface area contributed by atoms with Gasteiger partial charge in [0.15, 0.2) is 5.78 Å². The van der Waals surface area contributed by atoms with Gasteiger partial charge in [-0.1, -0.05) is 17.7 Å². The van der Waals surface area contributed by atoms with E-state index in [0.29, 0.717) is 18.0 Å². The molecule has 1 aromatic carbocycles. The first-order chi connectivity index (χ1) is 9.11. The van der Waals surface area contributed by atoms with Crippen molar-refractivity contribution in [3.8, 4) is 0 Å². The van der Waals surface area contributed by atoms with Crippen molar-refractivity contribution in [3.63, 3.8) is 0 Å². The molecular formula is C14H15BrN2OS. The number of aryl methyl sites for hydroxylation is 2. The maximum atomic E-state index is 12.2. The van der Waals surface area contributed by atoms with Crippen LogP contribution in [0.25, 0.3) is 0 Å². The second-order valence-corrected chi connectivity index (χ2v) is 6.08. The number of nitrogens with zero attached hydrogens (tertiary/aromatic N) is 2. The molecule has 0 bridgehead atoms. The fraction of sp³-hybridized carbons (Fsp3) is 0.286. The molecule has 0 amide bonds. The van der Waals surface area contributed by atoms with Crippen molar-refractivity contribution in [1.82, 2.24) is 9.78 Å². The molecule has 0 spiro atoms. The van der Waals surface area contributed by atoms with Crippen molar-refractivity contribution in [2.75, 3.05) is 5.75 Å². The van der Waals surface area contributed by atoms with E-state index >= 15 is 0 Å². The molecule has 0 aliphatic heterocycles. The van der Waals surface area contributed by atoms with Gasteiger partial charge in [0.1, 0.15) is 5.69 Å². The van der Waals surface area contributed by atoms with Crippen LogP contribution >= 0.6 is 27.7 Å². The summed E-state index contributed by atoms with van der Waals surface area (Å²) in [5, 5.41) is 4.16. The Hall–Kier alpha value is -1.07. The number of carbonyl (C=O) groups is 1. The van der Waals surface area contributed by atoms with Gasteiger partial charge in [-0.05, 0) is 41.9 Å². The molecule has 1 heterocycles. The van der Waals surface area contributed by atoms with Crippen LogP contribution in [-0.4, -0.2) is 21.3 Å². The number of hydrogen-bond acceptors (Lipinski definition) is 3. The van der Waals surface area contributed by atoms with Gasteiger partial charge in [0.05, 0.1) is 16.4 Å². The van der Waals surface area contributed by atoms with Crippen LogP contribution in [0.2, 0.25) is 0 Å². The lowest BCUT2D eigenvalue weighted by atomic mass is 10.2. The minimum absolute atomic E-state index is 0.0943. The zero-order chi connectivity index (χ0) is 13.8. The summed E-state index contributed by atoms with van der Waals surface area (Å²) in [7, 11) is 0. The van der Waals surface area contributed by atoms with Gasteiger partial charge in [-0.2, -0.15) is 5.10 Å². The summed E-state index contributed by atoms with van der Waals surface area (Å²) in [6.07, 6.45) is 1.67. The lowest BCUT2D eigenvalue weighted by molar-refractivity contribution is 0.101. The molecule has 19 heavy (non-hydrogen) atoms. The van der Waals surface area contributed by atoms with Gasteiger partial charge in [0.25, 0.3) is 0 Å². The highest BCUT2D eigenvalue weighted by Crippen LogP contribution is 2.22. The first-order valence-electron chi connectivity index (χ1n) is 6.05. The largest absolute Gasteiger partial charge is 0.291 e. The second-order valence-electron chi connectivity index (χ2n) is 4.18. The van der Waals surface area contributed by atoms with Crippen LogP contribution in [0.4, 0.5) is 0 Å². The molecule has 0 fully saturated rings. The summed E-state index contributed by atoms with van der Waals surface area (Å²) >= 11 is 4.93. The van der Waals surface area contributed by atoms with Gasteiger partial charge in [-0.25, -0.2) is 0 Å². The Bertz CT molecular complexity index is 578. The number of carbonyl (C=O) groups excluding carboxylic acids is 1. The van der Waals surface area contributed by atoms with Crippen molar-refractivity contribution in [1.29, 1.82) is 0 Å². The smallest absolute Gasteiger partial charge is 0.192 e. The molecule has 5 heteroatoms. The average Bonchev–Trinajstić information content (AvgIpc) is 2.79. The van der Waals surface area contributed by atoms with Crippen LogP contribution < -0.4 is 0 Å². The monoisotopic (exact) mass is 338 g/mol. The molecular weight excluding hydrogens is 324 g/mol. The molecule has 0 radical (unpaired) electrons. The van der Waals surface area contributed by atoms with Crippen LogP contribution in [0.1, 0.15) is 23.0 Å². The van der Waals surface area contributed by atoms with Gasteiger partial charge < -0.3 is 0 Å². The van der Waals surface area contributed by atoms with Gasteiger partial charge in [-0.3, -0.25) is 9.48 Å². The maximum Gasteiger partial charge on any atom is 0.192 e. The zero-order valence-electron chi connectivity index (χ0n) is 10.9. The molecule has 0 saturated heterocycles. The Kier molecular flexibility index (Phi) is 4.82. The molecule has 0 aliphatic carbocycles. The predicted molar refractivity (Wildman–Crippen MR) is 81.8 cm³/mol. The Balaban J connectivity index is 2.05. The summed E-state index contributed by atoms with van der Waals surface area (Å²) in [5.74, 6) is 0.518. The van der Waals surface area contributed by atoms with E-state index in [-0.39, 0.29) is 5.78 Å². The predicted octanol–water partition coefficient (Wildman–Crippen LogP) is 3.95. The third-order valence-corrected chi connectivity index (χ3v) is 4.34. The Labute approximate surface area is 125 Å². The van der Waals surface area contributed by atoms with Crippen LogP contribution in [-0.2, 0) is 6.54 Å². The van der Waals surface area contributed by atoms with Crippen LogP contribution in [0.3, 0.4) is 0 Å². The number of Topliss-reactive ketones (excluding diaryl/α,β-unsaturated/α-hetero) is 1. The van der Waals surface area contributed by atoms with E-state index in [0.717, 1.165) is 9.37 Å². The van der Waals surface area contributed by atoms with E-state index in [4.69, 9.17) is 0 Å². The van der Waals surface area contributed by atoms with E-state index in [1.54, 1.807) is 22.6 Å². The molecule has 3 nitrogen and oxygen atoms in total. The Morgan fingerprint density at radius 3 is 2.68 bits per heavy atom. The van der Waals surface area contributed by atoms with Gasteiger partial charge >= 0.3 is 0 Å². The van der Waals surface area contributed by atoms with Crippen LogP contribution in [0, 0.1) is 6.92 Å². The van der Waals surface area contributed by atoms with Crippen LogP contribution in [0.15, 0.2) is 39.8 Å². The normalized spacial score (nSPS) is 10.7. The number of benzene rings is 1. The molecule has 0 N–H and O–H groups in total. The summed E-state index contributed by atoms with van der Waals surface area (Å²) in [4.78, 5) is 13.3. The minimum Gasteiger partial charge on any atom is -0.291 e. The molecule has 2 rings (SSSR count). The lowest BCUT2D eigenvalue weighted by Gasteiger charge is -2.05. The Morgan fingerprint density at radius 2 is 2.05 bits per heavy atom. The topological polar surface area (TPSA) is 34.9 Å². The van der Waals surface area contributed by atoms with Crippen molar-refractivity contribution in [2.24, 2.45) is 0 Å². The molecule has 0 unspecified atom stereocenters. The number of thioether (sulfide) groups is 1. The quantitative estimate of drug-likeness (QED) is 0.611. The molecule has 0 aliphatic rings. The van der Waals surface area contributed by atoms with Crippen molar-refractivity contribution < 1.29 is 4.79 Å². The number of hydrogen-bond donors (Lipinski definition) is 0. The highest BCUT2D eigenvalue weighted by atomic mass is 79.9. The van der Waals surface area contributed by atoms with Crippen molar-refractivity contribution in [2.45, 2.75) is 25.3 Å². The lowest BCUT2D eigenvalue weighted by Crippen LogP contribution is -2.12. The summed E-state index contributed by atoms with van der Waals surface area (Å²) in [6, 6.07) is 8.19. The van der Waals surface area contributed by atoms with E-state index in [1.807, 2.05) is 19.1 Å². The minimum atomic E-state index is 0.0943. The third kappa shape index (κ3) is 3.48. The SMILES string of the molecule is CCn1ncc(Br)c1C(=O)CSc1ccc(C)cc1. The maximum absolute atomic E-state index is 12.2. The molecule has 100 valence electrons. The van der Waals surface area contributed by atoms with Crippen molar-refractivity contribution >= 4 is 33.5 Å². The highest BCUT2D eigenvalue weighted by molar-refractivity contribution is 9.10. The standard InChI is InChI=1S/C14H15BrN2OS/c1-3-17-14(12(15)8-16-17)13(18)9-19-11-6-4-10(2)5-7-11/h4-8H,3,9H2,1-2H3. The van der Waals surface area contributed by atoms with Gasteiger partial charge in [0, 0.05) is 11.4 Å². The van der Waals surface area contributed by atoms with Crippen LogP contribution in [0.5, 0.6) is 0 Å². The summed E-state index contributed by atoms with van der Waals surface area (Å²) < 4.78 is 2.49. The fourth-order valence-electron chi connectivity index (χ4n) is 1.73. The number of aromatic nitrogens is 2. The number of ketones is 1. The third-order valence-electron chi connectivity index (χ3n) is 2.75. The number of halogens is 1. The molecule has 2 aromatic rings. The Morgan fingerprint density at radius 1 is 1.37 bits per heavy atom. The summed E-state index contributed by atoms with van der Waals surface area (Å²) in [6.45, 7) is 4.72. The summed E-state index contributed by atoms with van der Waals surface area (Å²) in [5.41, 5.74) is 1.88. The first kappa shape index (κ1) is 14.3. The molecule has 1 aromatic heterocycles. The fourth-order valence-corrected chi connectivity index (χ4v) is 3.01. The van der Waals surface area contributed by atoms with E-state index in [2.05, 4.69) is 40.1 Å². The number of rotatable bonds is 5. The van der Waals surface area contributed by atoms with Crippen molar-refractivity contribution in [3.05, 3.63) is 46.2 Å². The first-order valence-corrected chi connectivity index (χ1v) is 7.83. The van der Waals surface area contributed by atoms with E-state index in [9.17, 15) is 4.79 Å². The highest BCUT2D eigenvalue weighted by Gasteiger charge is 2.16. The van der Waals surface area contributed by atoms with E-state index in [1.165, 1.54) is 5.56 Å². The zero-order valence-corrected chi connectivity index (χ0v) is 13.3. The van der Waals surface area contributed by atoms with Gasteiger partial charge in [0.2, 0.25) is 0 Å². The van der Waals surface area contributed by atoms with Gasteiger partial charge in [-0.15, -0.1) is 11.8 Å². The molecule has 0 saturated carbocycles.